The van der Waals surface area contributed by atoms with E-state index in [-0.39, 0.29) is 5.91 Å². The fourth-order valence-electron chi connectivity index (χ4n) is 2.03. The van der Waals surface area contributed by atoms with Crippen LogP contribution in [0.15, 0.2) is 60.8 Å². The van der Waals surface area contributed by atoms with Crippen LogP contribution >= 0.6 is 11.6 Å². The molecule has 0 aliphatic heterocycles. The molecule has 20 heavy (non-hydrogen) atoms. The van der Waals surface area contributed by atoms with Crippen LogP contribution in [-0.2, 0) is 0 Å². The number of pyridine rings is 1. The first kappa shape index (κ1) is 12.6. The topological polar surface area (TPSA) is 42.0 Å². The first-order valence-corrected chi connectivity index (χ1v) is 6.52. The molecule has 0 radical (unpaired) electrons. The van der Waals surface area contributed by atoms with Crippen molar-refractivity contribution in [1.82, 2.24) is 4.98 Å². The third kappa shape index (κ3) is 2.49. The molecule has 0 unspecified atom stereocenters. The molecule has 4 heteroatoms. The van der Waals surface area contributed by atoms with E-state index in [0.29, 0.717) is 16.3 Å². The van der Waals surface area contributed by atoms with Gasteiger partial charge in [-0.2, -0.15) is 0 Å². The summed E-state index contributed by atoms with van der Waals surface area (Å²) in [7, 11) is 0. The fourth-order valence-corrected chi connectivity index (χ4v) is 2.16. The summed E-state index contributed by atoms with van der Waals surface area (Å²) in [4.78, 5) is 16.6. The summed E-state index contributed by atoms with van der Waals surface area (Å²) in [6.45, 7) is 0. The zero-order valence-corrected chi connectivity index (χ0v) is 11.3. The van der Waals surface area contributed by atoms with Gasteiger partial charge in [0.05, 0.1) is 5.52 Å². The molecule has 1 heterocycles. The zero-order chi connectivity index (χ0) is 13.9. The van der Waals surface area contributed by atoms with E-state index in [1.165, 1.54) is 0 Å². The van der Waals surface area contributed by atoms with Crippen molar-refractivity contribution in [1.29, 1.82) is 0 Å². The summed E-state index contributed by atoms with van der Waals surface area (Å²) < 4.78 is 0. The number of hydrogen-bond donors (Lipinski definition) is 1. The molecule has 3 nitrogen and oxygen atoms in total. The Morgan fingerprint density at radius 2 is 1.80 bits per heavy atom. The Balaban J connectivity index is 1.94. The molecule has 1 N–H and O–H groups in total. The predicted molar refractivity (Wildman–Crippen MR) is 81.1 cm³/mol. The number of fused-ring (bicyclic) bond motifs is 1. The molecule has 2 aromatic carbocycles. The minimum absolute atomic E-state index is 0.161. The Kier molecular flexibility index (Phi) is 3.35. The SMILES string of the molecule is O=C(Nc1ccc(Cl)cc1)c1cccc2ncccc12. The fraction of sp³-hybridized carbons (Fsp3) is 0. The largest absolute Gasteiger partial charge is 0.322 e. The van der Waals surface area contributed by atoms with Gasteiger partial charge in [0, 0.05) is 27.9 Å². The highest BCUT2D eigenvalue weighted by molar-refractivity contribution is 6.30. The summed E-state index contributed by atoms with van der Waals surface area (Å²) in [5.74, 6) is -0.161. The van der Waals surface area contributed by atoms with Gasteiger partial charge in [-0.05, 0) is 42.5 Å². The van der Waals surface area contributed by atoms with Gasteiger partial charge in [-0.15, -0.1) is 0 Å². The van der Waals surface area contributed by atoms with Gasteiger partial charge in [0.2, 0.25) is 0 Å². The third-order valence-corrected chi connectivity index (χ3v) is 3.24. The number of nitrogens with one attached hydrogen (secondary N) is 1. The Morgan fingerprint density at radius 3 is 2.60 bits per heavy atom. The highest BCUT2D eigenvalue weighted by Crippen LogP contribution is 2.19. The van der Waals surface area contributed by atoms with E-state index < -0.39 is 0 Å². The molecule has 3 rings (SSSR count). The summed E-state index contributed by atoms with van der Waals surface area (Å²) in [5, 5.41) is 4.32. The Morgan fingerprint density at radius 1 is 1.00 bits per heavy atom. The minimum Gasteiger partial charge on any atom is -0.322 e. The summed E-state index contributed by atoms with van der Waals surface area (Å²) in [5.41, 5.74) is 2.11. The average molecular weight is 283 g/mol. The Hall–Kier alpha value is -2.39. The molecule has 0 aliphatic rings. The minimum atomic E-state index is -0.161. The van der Waals surface area contributed by atoms with Crippen molar-refractivity contribution in [3.63, 3.8) is 0 Å². The lowest BCUT2D eigenvalue weighted by molar-refractivity contribution is 0.102. The monoisotopic (exact) mass is 282 g/mol. The van der Waals surface area contributed by atoms with E-state index in [4.69, 9.17) is 11.6 Å². The quantitative estimate of drug-likeness (QED) is 0.767. The van der Waals surface area contributed by atoms with Crippen LogP contribution in [0.1, 0.15) is 10.4 Å². The van der Waals surface area contributed by atoms with Crippen LogP contribution in [0.2, 0.25) is 5.02 Å². The predicted octanol–water partition coefficient (Wildman–Crippen LogP) is 4.14. The van der Waals surface area contributed by atoms with Crippen LogP contribution in [-0.4, -0.2) is 10.9 Å². The van der Waals surface area contributed by atoms with Crippen molar-refractivity contribution in [2.45, 2.75) is 0 Å². The van der Waals surface area contributed by atoms with Crippen LogP contribution < -0.4 is 5.32 Å². The smallest absolute Gasteiger partial charge is 0.256 e. The van der Waals surface area contributed by atoms with Crippen LogP contribution in [0.25, 0.3) is 10.9 Å². The summed E-state index contributed by atoms with van der Waals surface area (Å²) in [6, 6.07) is 16.2. The van der Waals surface area contributed by atoms with E-state index in [0.717, 1.165) is 10.9 Å². The molecule has 98 valence electrons. The van der Waals surface area contributed by atoms with Crippen molar-refractivity contribution >= 4 is 34.1 Å². The van der Waals surface area contributed by atoms with E-state index in [1.54, 1.807) is 36.5 Å². The molecule has 0 saturated heterocycles. The van der Waals surface area contributed by atoms with Crippen molar-refractivity contribution in [3.05, 3.63) is 71.4 Å². The zero-order valence-electron chi connectivity index (χ0n) is 10.5. The summed E-state index contributed by atoms with van der Waals surface area (Å²) >= 11 is 5.82. The van der Waals surface area contributed by atoms with Gasteiger partial charge in [-0.25, -0.2) is 0 Å². The normalized spacial score (nSPS) is 10.4. The van der Waals surface area contributed by atoms with Gasteiger partial charge in [0.15, 0.2) is 0 Å². The number of amides is 1. The molecule has 0 aliphatic carbocycles. The van der Waals surface area contributed by atoms with Crippen LogP contribution in [0.4, 0.5) is 5.69 Å². The Labute approximate surface area is 121 Å². The van der Waals surface area contributed by atoms with Crippen molar-refractivity contribution in [2.24, 2.45) is 0 Å². The number of nitrogens with zero attached hydrogens (tertiary/aromatic N) is 1. The van der Waals surface area contributed by atoms with Crippen molar-refractivity contribution in [3.8, 4) is 0 Å². The lowest BCUT2D eigenvalue weighted by Gasteiger charge is -2.07. The van der Waals surface area contributed by atoms with Crippen LogP contribution in [0.5, 0.6) is 0 Å². The lowest BCUT2D eigenvalue weighted by atomic mass is 10.1. The summed E-state index contributed by atoms with van der Waals surface area (Å²) in [6.07, 6.45) is 1.71. The first-order chi connectivity index (χ1) is 9.74. The number of hydrogen-bond acceptors (Lipinski definition) is 2. The lowest BCUT2D eigenvalue weighted by Crippen LogP contribution is -2.12. The number of anilines is 1. The average Bonchev–Trinajstić information content (AvgIpc) is 2.49. The molecular weight excluding hydrogens is 272 g/mol. The first-order valence-electron chi connectivity index (χ1n) is 6.15. The number of halogens is 1. The second-order valence-corrected chi connectivity index (χ2v) is 4.77. The molecule has 0 atom stereocenters. The second-order valence-electron chi connectivity index (χ2n) is 4.34. The van der Waals surface area contributed by atoms with E-state index >= 15 is 0 Å². The van der Waals surface area contributed by atoms with Gasteiger partial charge in [-0.3, -0.25) is 9.78 Å². The third-order valence-electron chi connectivity index (χ3n) is 2.99. The molecule has 1 amide bonds. The standard InChI is InChI=1S/C16H11ClN2O/c17-11-6-8-12(9-7-11)19-16(20)14-3-1-5-15-13(14)4-2-10-18-15/h1-10H,(H,19,20). The number of aromatic nitrogens is 1. The number of benzene rings is 2. The maximum Gasteiger partial charge on any atom is 0.256 e. The second kappa shape index (κ2) is 5.31. The van der Waals surface area contributed by atoms with Gasteiger partial charge in [0.25, 0.3) is 5.91 Å². The molecule has 0 spiro atoms. The molecule has 0 fully saturated rings. The van der Waals surface area contributed by atoms with E-state index in [2.05, 4.69) is 10.3 Å². The number of carbonyl (C=O) groups is 1. The molecule has 1 aromatic heterocycles. The highest BCUT2D eigenvalue weighted by Gasteiger charge is 2.10. The Bertz CT molecular complexity index is 764. The van der Waals surface area contributed by atoms with Gasteiger partial charge in [-0.1, -0.05) is 23.7 Å². The number of rotatable bonds is 2. The van der Waals surface area contributed by atoms with Gasteiger partial charge < -0.3 is 5.32 Å². The number of carbonyl (C=O) groups excluding carboxylic acids is 1. The molecule has 0 bridgehead atoms. The molecule has 3 aromatic rings. The van der Waals surface area contributed by atoms with Gasteiger partial charge in [0.1, 0.15) is 0 Å². The van der Waals surface area contributed by atoms with Crippen LogP contribution in [0.3, 0.4) is 0 Å². The molecule has 0 saturated carbocycles. The maximum atomic E-state index is 12.3. The highest BCUT2D eigenvalue weighted by atomic mass is 35.5. The molecular formula is C16H11ClN2O. The van der Waals surface area contributed by atoms with Crippen molar-refractivity contribution in [2.75, 3.05) is 5.32 Å². The van der Waals surface area contributed by atoms with E-state index in [1.807, 2.05) is 24.3 Å². The van der Waals surface area contributed by atoms with Crippen LogP contribution in [0, 0.1) is 0 Å². The van der Waals surface area contributed by atoms with Crippen molar-refractivity contribution < 1.29 is 4.79 Å². The van der Waals surface area contributed by atoms with Gasteiger partial charge >= 0.3 is 0 Å². The van der Waals surface area contributed by atoms with E-state index in [9.17, 15) is 4.79 Å². The maximum absolute atomic E-state index is 12.3.